The summed E-state index contributed by atoms with van der Waals surface area (Å²) < 4.78 is 5.30. The van der Waals surface area contributed by atoms with Crippen molar-refractivity contribution in [1.29, 1.82) is 0 Å². The molecular formula is C14H18ClNO3. The third kappa shape index (κ3) is 3.26. The monoisotopic (exact) mass is 283 g/mol. The molecule has 1 fully saturated rings. The van der Waals surface area contributed by atoms with Crippen LogP contribution >= 0.6 is 11.6 Å². The molecule has 1 N–H and O–H groups in total. The van der Waals surface area contributed by atoms with Crippen molar-refractivity contribution in [3.8, 4) is 0 Å². The molecule has 1 aromatic rings. The normalized spacial score (nSPS) is 22.9. The lowest BCUT2D eigenvalue weighted by Gasteiger charge is -2.26. The predicted octanol–water partition coefficient (Wildman–Crippen LogP) is 2.18. The zero-order valence-electron chi connectivity index (χ0n) is 11.1. The smallest absolute Gasteiger partial charge is 0.310 e. The van der Waals surface area contributed by atoms with Crippen LogP contribution in [0.5, 0.6) is 0 Å². The molecule has 104 valence electrons. The van der Waals surface area contributed by atoms with Gasteiger partial charge in [0.1, 0.15) is 0 Å². The molecule has 1 aliphatic heterocycles. The van der Waals surface area contributed by atoms with Crippen molar-refractivity contribution in [2.24, 2.45) is 5.92 Å². The quantitative estimate of drug-likeness (QED) is 0.920. The molecule has 0 aromatic heterocycles. The number of carbonyl (C=O) groups is 1. The highest BCUT2D eigenvalue weighted by Crippen LogP contribution is 2.22. The number of carboxylic acid groups (broad SMARTS) is 1. The van der Waals surface area contributed by atoms with Crippen LogP contribution in [-0.2, 0) is 16.1 Å². The minimum atomic E-state index is -0.790. The molecule has 2 rings (SSSR count). The topological polar surface area (TPSA) is 49.8 Å². The number of nitrogens with zero attached hydrogens (tertiary/aromatic N) is 1. The molecular weight excluding hydrogens is 266 g/mol. The summed E-state index contributed by atoms with van der Waals surface area (Å²) in [7, 11) is 1.93. The molecule has 4 nitrogen and oxygen atoms in total. The van der Waals surface area contributed by atoms with Crippen LogP contribution in [-0.4, -0.2) is 42.3 Å². The molecule has 0 saturated carbocycles. The molecule has 0 bridgehead atoms. The minimum Gasteiger partial charge on any atom is -0.481 e. The molecule has 2 atom stereocenters. The number of aliphatic carboxylic acids is 1. The van der Waals surface area contributed by atoms with E-state index in [9.17, 15) is 4.79 Å². The molecule has 1 heterocycles. The van der Waals surface area contributed by atoms with Gasteiger partial charge in [-0.3, -0.25) is 9.69 Å². The zero-order valence-corrected chi connectivity index (χ0v) is 11.9. The Hall–Kier alpha value is -1.10. The number of likely N-dealkylation sites (N-methyl/N-ethyl adjacent to an activating group) is 1. The summed E-state index contributed by atoms with van der Waals surface area (Å²) in [6.45, 7) is 3.47. The number of aryl methyl sites for hydroxylation is 1. The minimum absolute atomic E-state index is 0.0763. The Morgan fingerprint density at radius 1 is 1.53 bits per heavy atom. The van der Waals surface area contributed by atoms with Gasteiger partial charge in [0.05, 0.1) is 19.1 Å². The molecule has 1 saturated heterocycles. The number of carboxylic acids is 1. The van der Waals surface area contributed by atoms with Crippen LogP contribution in [0.15, 0.2) is 18.2 Å². The summed E-state index contributed by atoms with van der Waals surface area (Å²) in [4.78, 5) is 13.2. The van der Waals surface area contributed by atoms with E-state index in [1.807, 2.05) is 37.1 Å². The first-order chi connectivity index (χ1) is 8.99. The third-order valence-corrected chi connectivity index (χ3v) is 3.89. The second-order valence-electron chi connectivity index (χ2n) is 5.04. The summed E-state index contributed by atoms with van der Waals surface area (Å²) in [5.74, 6) is -1.24. The predicted molar refractivity (Wildman–Crippen MR) is 73.4 cm³/mol. The van der Waals surface area contributed by atoms with E-state index in [0.717, 1.165) is 16.1 Å². The second kappa shape index (κ2) is 5.90. The lowest BCUT2D eigenvalue weighted by molar-refractivity contribution is -0.143. The maximum atomic E-state index is 11.2. The van der Waals surface area contributed by atoms with Crippen LogP contribution in [0.2, 0.25) is 5.02 Å². The molecule has 1 aromatic carbocycles. The Balaban J connectivity index is 2.08. The fourth-order valence-corrected chi connectivity index (χ4v) is 2.66. The fourth-order valence-electron chi connectivity index (χ4n) is 2.44. The van der Waals surface area contributed by atoms with Crippen molar-refractivity contribution in [2.75, 3.05) is 20.3 Å². The average molecular weight is 284 g/mol. The van der Waals surface area contributed by atoms with Crippen molar-refractivity contribution in [2.45, 2.75) is 19.5 Å². The van der Waals surface area contributed by atoms with Gasteiger partial charge in [0.25, 0.3) is 0 Å². The maximum absolute atomic E-state index is 11.2. The lowest BCUT2D eigenvalue weighted by atomic mass is 10.0. The van der Waals surface area contributed by atoms with Crippen LogP contribution in [0.1, 0.15) is 11.1 Å². The largest absolute Gasteiger partial charge is 0.481 e. The Bertz CT molecular complexity index is 478. The van der Waals surface area contributed by atoms with Crippen LogP contribution in [0.4, 0.5) is 0 Å². The van der Waals surface area contributed by atoms with E-state index in [1.165, 1.54) is 0 Å². The van der Waals surface area contributed by atoms with Gasteiger partial charge in [-0.1, -0.05) is 17.7 Å². The Kier molecular flexibility index (Phi) is 4.45. The van der Waals surface area contributed by atoms with E-state index in [0.29, 0.717) is 19.8 Å². The molecule has 0 amide bonds. The van der Waals surface area contributed by atoms with E-state index in [1.54, 1.807) is 0 Å². The van der Waals surface area contributed by atoms with Crippen LogP contribution in [0, 0.1) is 12.8 Å². The van der Waals surface area contributed by atoms with E-state index in [4.69, 9.17) is 21.4 Å². The van der Waals surface area contributed by atoms with Crippen molar-refractivity contribution in [3.63, 3.8) is 0 Å². The van der Waals surface area contributed by atoms with Gasteiger partial charge >= 0.3 is 5.97 Å². The van der Waals surface area contributed by atoms with Gasteiger partial charge < -0.3 is 9.84 Å². The van der Waals surface area contributed by atoms with Gasteiger partial charge in [-0.2, -0.15) is 0 Å². The molecule has 1 aliphatic rings. The van der Waals surface area contributed by atoms with Gasteiger partial charge in [0, 0.05) is 17.6 Å². The molecule has 2 unspecified atom stereocenters. The first kappa shape index (κ1) is 14.3. The first-order valence-corrected chi connectivity index (χ1v) is 6.62. The van der Waals surface area contributed by atoms with Gasteiger partial charge in [0.15, 0.2) is 0 Å². The highest BCUT2D eigenvalue weighted by Gasteiger charge is 2.36. The standard InChI is InChI=1S/C14H18ClNO3/c1-9-5-11(15)4-3-10(9)6-16(2)13-8-19-7-12(13)14(17)18/h3-5,12-13H,6-8H2,1-2H3,(H,17,18). The maximum Gasteiger partial charge on any atom is 0.310 e. The van der Waals surface area contributed by atoms with Crippen molar-refractivity contribution in [1.82, 2.24) is 4.90 Å². The van der Waals surface area contributed by atoms with Crippen LogP contribution in [0.25, 0.3) is 0 Å². The van der Waals surface area contributed by atoms with E-state index in [2.05, 4.69) is 0 Å². The molecule has 5 heteroatoms. The van der Waals surface area contributed by atoms with Gasteiger partial charge in [0.2, 0.25) is 0 Å². The van der Waals surface area contributed by atoms with Crippen molar-refractivity contribution < 1.29 is 14.6 Å². The second-order valence-corrected chi connectivity index (χ2v) is 5.47. The van der Waals surface area contributed by atoms with E-state index < -0.39 is 11.9 Å². The van der Waals surface area contributed by atoms with Crippen LogP contribution in [0.3, 0.4) is 0 Å². The SMILES string of the molecule is Cc1cc(Cl)ccc1CN(C)C1COCC1C(=O)O. The Morgan fingerprint density at radius 3 is 2.89 bits per heavy atom. The molecule has 19 heavy (non-hydrogen) atoms. The van der Waals surface area contributed by atoms with Gasteiger partial charge in [-0.15, -0.1) is 0 Å². The number of rotatable bonds is 4. The number of benzene rings is 1. The summed E-state index contributed by atoms with van der Waals surface area (Å²) >= 11 is 5.93. The van der Waals surface area contributed by atoms with Crippen LogP contribution < -0.4 is 0 Å². The average Bonchev–Trinajstić information content (AvgIpc) is 2.82. The highest BCUT2D eigenvalue weighted by atomic mass is 35.5. The van der Waals surface area contributed by atoms with Crippen molar-refractivity contribution in [3.05, 3.63) is 34.3 Å². The Morgan fingerprint density at radius 2 is 2.26 bits per heavy atom. The van der Waals surface area contributed by atoms with Crippen molar-refractivity contribution >= 4 is 17.6 Å². The van der Waals surface area contributed by atoms with E-state index in [-0.39, 0.29) is 6.04 Å². The summed E-state index contributed by atoms with van der Waals surface area (Å²) in [6, 6.07) is 5.69. The Labute approximate surface area is 117 Å². The number of ether oxygens (including phenoxy) is 1. The first-order valence-electron chi connectivity index (χ1n) is 6.25. The number of halogens is 1. The number of hydrogen-bond donors (Lipinski definition) is 1. The highest BCUT2D eigenvalue weighted by molar-refractivity contribution is 6.30. The number of hydrogen-bond acceptors (Lipinski definition) is 3. The lowest BCUT2D eigenvalue weighted by Crippen LogP contribution is -2.40. The molecule has 0 aliphatic carbocycles. The van der Waals surface area contributed by atoms with Gasteiger partial charge in [-0.25, -0.2) is 0 Å². The van der Waals surface area contributed by atoms with Gasteiger partial charge in [-0.05, 0) is 37.2 Å². The summed E-state index contributed by atoms with van der Waals surface area (Å²) in [5.41, 5.74) is 2.27. The third-order valence-electron chi connectivity index (χ3n) is 3.66. The molecule has 0 radical (unpaired) electrons. The fraction of sp³-hybridized carbons (Fsp3) is 0.500. The zero-order chi connectivity index (χ0) is 14.0. The molecule has 0 spiro atoms. The van der Waals surface area contributed by atoms with E-state index >= 15 is 0 Å². The summed E-state index contributed by atoms with van der Waals surface area (Å²) in [5, 5.41) is 9.88. The summed E-state index contributed by atoms with van der Waals surface area (Å²) in [6.07, 6.45) is 0.